The average molecular weight is 597 g/mol. The van der Waals surface area contributed by atoms with Crippen molar-refractivity contribution in [2.24, 2.45) is 0 Å². The number of alkyl halides is 3. The Kier molecular flexibility index (Phi) is 8.74. The van der Waals surface area contributed by atoms with E-state index in [2.05, 4.69) is 20.6 Å². The van der Waals surface area contributed by atoms with Crippen molar-refractivity contribution in [3.05, 3.63) is 93.5 Å². The minimum Gasteiger partial charge on any atom is -0.348 e. The highest BCUT2D eigenvalue weighted by Gasteiger charge is 2.34. The van der Waals surface area contributed by atoms with Crippen molar-refractivity contribution < 1.29 is 22.8 Å². The van der Waals surface area contributed by atoms with Gasteiger partial charge in [-0.15, -0.1) is 11.3 Å². The van der Waals surface area contributed by atoms with Gasteiger partial charge >= 0.3 is 6.18 Å². The van der Waals surface area contributed by atoms with Gasteiger partial charge in [-0.05, 0) is 49.8 Å². The van der Waals surface area contributed by atoms with Gasteiger partial charge < -0.3 is 10.6 Å². The summed E-state index contributed by atoms with van der Waals surface area (Å²) in [6.07, 6.45) is -1.11. The van der Waals surface area contributed by atoms with E-state index in [0.717, 1.165) is 65.1 Å². The molecule has 0 saturated heterocycles. The van der Waals surface area contributed by atoms with Gasteiger partial charge in [0.2, 0.25) is 5.91 Å². The number of aryl methyl sites for hydroxylation is 2. The molecule has 0 radical (unpaired) electrons. The normalized spacial score (nSPS) is 13.0. The molecule has 0 fully saturated rings. The van der Waals surface area contributed by atoms with E-state index in [1.54, 1.807) is 24.3 Å². The molecule has 5 rings (SSSR count). The molecule has 212 valence electrons. The maximum absolute atomic E-state index is 13.6. The zero-order valence-electron chi connectivity index (χ0n) is 22.2. The van der Waals surface area contributed by atoms with E-state index in [4.69, 9.17) is 0 Å². The molecule has 1 aliphatic carbocycles. The van der Waals surface area contributed by atoms with Crippen molar-refractivity contribution in [1.82, 2.24) is 15.3 Å². The van der Waals surface area contributed by atoms with Crippen LogP contribution < -0.4 is 10.6 Å². The van der Waals surface area contributed by atoms with Gasteiger partial charge in [-0.3, -0.25) is 9.59 Å². The van der Waals surface area contributed by atoms with Gasteiger partial charge in [0, 0.05) is 17.0 Å². The minimum atomic E-state index is -4.67. The maximum atomic E-state index is 13.6. The van der Waals surface area contributed by atoms with Crippen LogP contribution in [0.15, 0.2) is 65.8 Å². The van der Waals surface area contributed by atoms with E-state index in [1.807, 2.05) is 37.3 Å². The summed E-state index contributed by atoms with van der Waals surface area (Å²) in [6.45, 7) is 2.23. The van der Waals surface area contributed by atoms with Crippen LogP contribution in [0.5, 0.6) is 0 Å². The lowest BCUT2D eigenvalue weighted by atomic mass is 9.95. The van der Waals surface area contributed by atoms with Crippen molar-refractivity contribution in [2.45, 2.75) is 50.5 Å². The van der Waals surface area contributed by atoms with Crippen molar-refractivity contribution in [3.8, 4) is 11.3 Å². The molecular formula is C30H27F3N4O2S2. The number of nitrogens with one attached hydrogen (secondary N) is 2. The number of carbonyl (C=O) groups excluding carboxylic acids is 2. The van der Waals surface area contributed by atoms with Gasteiger partial charge in [-0.1, -0.05) is 71.9 Å². The van der Waals surface area contributed by atoms with E-state index in [9.17, 15) is 22.8 Å². The number of amides is 2. The zero-order chi connectivity index (χ0) is 29.0. The molecule has 1 aliphatic rings. The third-order valence-electron chi connectivity index (χ3n) is 6.62. The van der Waals surface area contributed by atoms with Gasteiger partial charge in [0.25, 0.3) is 5.91 Å². The number of thioether (sulfide) groups is 1. The smallest absolute Gasteiger partial charge is 0.348 e. The Morgan fingerprint density at radius 2 is 1.73 bits per heavy atom. The summed E-state index contributed by atoms with van der Waals surface area (Å²) in [7, 11) is 0. The Hall–Kier alpha value is -3.70. The Labute approximate surface area is 243 Å². The number of halogens is 3. The topological polar surface area (TPSA) is 84.0 Å². The Morgan fingerprint density at radius 1 is 1.00 bits per heavy atom. The van der Waals surface area contributed by atoms with Crippen molar-refractivity contribution >= 4 is 39.9 Å². The SMILES string of the molecule is Cc1ccc(-c2cc(C(F)(F)F)nc(SCC(=O)Nc3sc4c(c3C(=O)NCc3ccccc3)CCCC4)n2)cc1. The van der Waals surface area contributed by atoms with Gasteiger partial charge in [0.1, 0.15) is 10.7 Å². The summed E-state index contributed by atoms with van der Waals surface area (Å²) in [5.74, 6) is -0.939. The number of hydrogen-bond acceptors (Lipinski definition) is 6. The summed E-state index contributed by atoms with van der Waals surface area (Å²) < 4.78 is 40.8. The molecule has 0 aliphatic heterocycles. The number of thiophene rings is 1. The van der Waals surface area contributed by atoms with E-state index in [1.165, 1.54) is 11.3 Å². The number of carbonyl (C=O) groups is 2. The molecule has 2 amide bonds. The second-order valence-corrected chi connectivity index (χ2v) is 11.8. The van der Waals surface area contributed by atoms with E-state index < -0.39 is 17.8 Å². The number of rotatable bonds is 8. The molecule has 0 spiro atoms. The maximum Gasteiger partial charge on any atom is 0.433 e. The second-order valence-electron chi connectivity index (χ2n) is 9.70. The lowest BCUT2D eigenvalue weighted by Crippen LogP contribution is -2.25. The van der Waals surface area contributed by atoms with Crippen LogP contribution in [0, 0.1) is 6.92 Å². The molecular weight excluding hydrogens is 569 g/mol. The van der Waals surface area contributed by atoms with Crippen molar-refractivity contribution in [1.29, 1.82) is 0 Å². The van der Waals surface area contributed by atoms with Gasteiger partial charge in [-0.2, -0.15) is 13.2 Å². The first kappa shape index (κ1) is 28.8. The highest BCUT2D eigenvalue weighted by molar-refractivity contribution is 7.99. The predicted octanol–water partition coefficient (Wildman–Crippen LogP) is 7.07. The molecule has 0 saturated carbocycles. The second kappa shape index (κ2) is 12.4. The summed E-state index contributed by atoms with van der Waals surface area (Å²) in [6, 6.07) is 17.4. The molecule has 0 bridgehead atoms. The fraction of sp³-hybridized carbons (Fsp3) is 0.267. The van der Waals surface area contributed by atoms with Crippen molar-refractivity contribution in [2.75, 3.05) is 11.1 Å². The Bertz CT molecular complexity index is 1550. The van der Waals surface area contributed by atoms with Crippen LogP contribution in [-0.4, -0.2) is 27.5 Å². The minimum absolute atomic E-state index is 0.124. The molecule has 2 aromatic heterocycles. The number of hydrogen-bond donors (Lipinski definition) is 2. The van der Waals surface area contributed by atoms with Gasteiger partial charge in [-0.25, -0.2) is 9.97 Å². The van der Waals surface area contributed by atoms with Crippen LogP contribution in [0.25, 0.3) is 11.3 Å². The van der Waals surface area contributed by atoms with Crippen LogP contribution in [0.2, 0.25) is 0 Å². The van der Waals surface area contributed by atoms with Crippen LogP contribution in [0.1, 0.15) is 50.5 Å². The first-order valence-corrected chi connectivity index (χ1v) is 14.9. The highest BCUT2D eigenvalue weighted by Crippen LogP contribution is 2.38. The van der Waals surface area contributed by atoms with Crippen LogP contribution in [-0.2, 0) is 30.4 Å². The number of aromatic nitrogens is 2. The Morgan fingerprint density at radius 3 is 2.46 bits per heavy atom. The zero-order valence-corrected chi connectivity index (χ0v) is 23.8. The molecule has 2 N–H and O–H groups in total. The van der Waals surface area contributed by atoms with Gasteiger partial charge in [0.05, 0.1) is 17.0 Å². The number of benzene rings is 2. The first-order chi connectivity index (χ1) is 19.7. The van der Waals surface area contributed by atoms with E-state index >= 15 is 0 Å². The van der Waals surface area contributed by atoms with E-state index in [-0.39, 0.29) is 22.5 Å². The van der Waals surface area contributed by atoms with Crippen LogP contribution in [0.4, 0.5) is 18.2 Å². The highest BCUT2D eigenvalue weighted by atomic mass is 32.2. The molecule has 41 heavy (non-hydrogen) atoms. The summed E-state index contributed by atoms with van der Waals surface area (Å²) in [5.41, 5.74) is 2.92. The summed E-state index contributed by atoms with van der Waals surface area (Å²) in [5, 5.41) is 6.09. The van der Waals surface area contributed by atoms with Crippen LogP contribution >= 0.6 is 23.1 Å². The lowest BCUT2D eigenvalue weighted by Gasteiger charge is -2.13. The van der Waals surface area contributed by atoms with Crippen molar-refractivity contribution in [3.63, 3.8) is 0 Å². The van der Waals surface area contributed by atoms with Crippen LogP contribution in [0.3, 0.4) is 0 Å². The quantitative estimate of drug-likeness (QED) is 0.168. The first-order valence-electron chi connectivity index (χ1n) is 13.1. The molecule has 4 aromatic rings. The summed E-state index contributed by atoms with van der Waals surface area (Å²) in [4.78, 5) is 35.3. The molecule has 6 nitrogen and oxygen atoms in total. The average Bonchev–Trinajstić information content (AvgIpc) is 3.33. The molecule has 2 aromatic carbocycles. The number of anilines is 1. The van der Waals surface area contributed by atoms with Gasteiger partial charge in [0.15, 0.2) is 5.16 Å². The molecule has 0 unspecified atom stereocenters. The summed E-state index contributed by atoms with van der Waals surface area (Å²) >= 11 is 2.20. The predicted molar refractivity (Wildman–Crippen MR) is 155 cm³/mol. The monoisotopic (exact) mass is 596 g/mol. The number of nitrogens with zero attached hydrogens (tertiary/aromatic N) is 2. The third-order valence-corrected chi connectivity index (χ3v) is 8.68. The fourth-order valence-electron chi connectivity index (χ4n) is 4.56. The fourth-order valence-corrected chi connectivity index (χ4v) is 6.52. The molecule has 0 atom stereocenters. The Balaban J connectivity index is 1.32. The lowest BCUT2D eigenvalue weighted by molar-refractivity contribution is -0.141. The number of fused-ring (bicyclic) bond motifs is 1. The van der Waals surface area contributed by atoms with E-state index in [0.29, 0.717) is 22.7 Å². The standard InChI is InChI=1S/C30H27F3N4O2S2/c1-18-11-13-20(14-12-18)22-15-24(30(31,32)33)36-29(35-22)40-17-25(38)37-28-26(21-9-5-6-10-23(21)41-28)27(39)34-16-19-7-3-2-4-8-19/h2-4,7-8,11-15H,5-6,9-10,16-17H2,1H3,(H,34,39)(H,37,38). The third kappa shape index (κ3) is 7.15. The molecule has 2 heterocycles. The largest absolute Gasteiger partial charge is 0.433 e. The molecule has 11 heteroatoms.